The third-order valence-corrected chi connectivity index (χ3v) is 4.87. The van der Waals surface area contributed by atoms with Crippen LogP contribution in [0.3, 0.4) is 0 Å². The number of carbonyl (C=O) groups excluding carboxylic acids is 1. The average Bonchev–Trinajstić information content (AvgIpc) is 2.56. The molecule has 2 atom stereocenters. The normalized spacial score (nSPS) is 17.2. The van der Waals surface area contributed by atoms with Crippen LogP contribution >= 0.6 is 15.9 Å². The van der Waals surface area contributed by atoms with E-state index in [9.17, 15) is 4.79 Å². The second kappa shape index (κ2) is 6.87. The first-order valence-corrected chi connectivity index (χ1v) is 8.80. The molecule has 0 spiro atoms. The van der Waals surface area contributed by atoms with Gasteiger partial charge in [0.1, 0.15) is 11.7 Å². The van der Waals surface area contributed by atoms with Gasteiger partial charge >= 0.3 is 0 Å². The molecule has 4 nitrogen and oxygen atoms in total. The molecule has 0 fully saturated rings. The number of quaternary nitrogens is 1. The summed E-state index contributed by atoms with van der Waals surface area (Å²) in [6.07, 6.45) is 2.70. The lowest BCUT2D eigenvalue weighted by Crippen LogP contribution is -2.41. The van der Waals surface area contributed by atoms with Crippen LogP contribution in [0.2, 0.25) is 0 Å². The van der Waals surface area contributed by atoms with Gasteiger partial charge in [-0.1, -0.05) is 28.1 Å². The van der Waals surface area contributed by atoms with Gasteiger partial charge in [-0.2, -0.15) is 0 Å². The summed E-state index contributed by atoms with van der Waals surface area (Å²) in [4.78, 5) is 17.2. The molecule has 124 valence electrons. The lowest BCUT2D eigenvalue weighted by atomic mass is 10.0. The molecule has 1 amide bonds. The van der Waals surface area contributed by atoms with E-state index < -0.39 is 0 Å². The van der Waals surface area contributed by atoms with E-state index in [1.54, 1.807) is 0 Å². The van der Waals surface area contributed by atoms with Gasteiger partial charge < -0.3 is 11.1 Å². The van der Waals surface area contributed by atoms with E-state index in [2.05, 4.69) is 44.1 Å². The minimum absolute atomic E-state index is 0.0383. The van der Waals surface area contributed by atoms with Crippen LogP contribution in [-0.2, 0) is 4.79 Å². The Morgan fingerprint density at radius 2 is 2.12 bits per heavy atom. The van der Waals surface area contributed by atoms with Crippen molar-refractivity contribution in [3.05, 3.63) is 62.6 Å². The van der Waals surface area contributed by atoms with Gasteiger partial charge in [0, 0.05) is 10.0 Å². The third kappa shape index (κ3) is 3.57. The maximum absolute atomic E-state index is 12.6. The standard InChI is InChI=1S/C19H20BrN3O/c1-11-9-13(3-6-16(11)21)12(2)22-19(24)18-7-4-14-10-15(20)5-8-17(14)23-18/h3-6,8-10,12,18H,7,21H2,1-2H3,(H,22,24)/p+1/t12-,18?/m1/s1. The summed E-state index contributed by atoms with van der Waals surface area (Å²) >= 11 is 3.46. The SMILES string of the molecule is Cc1cc([C@@H](C)NC(=O)C2CC=c3cc(Br)ccc3=N2)ccc1[NH3+]. The Bertz CT molecular complexity index is 907. The molecule has 5 heteroatoms. The zero-order valence-electron chi connectivity index (χ0n) is 13.8. The smallest absolute Gasteiger partial charge is 0.245 e. The monoisotopic (exact) mass is 386 g/mol. The van der Waals surface area contributed by atoms with E-state index in [1.165, 1.54) is 0 Å². The Kier molecular flexibility index (Phi) is 4.83. The van der Waals surface area contributed by atoms with Gasteiger partial charge in [-0.25, -0.2) is 0 Å². The van der Waals surface area contributed by atoms with Crippen LogP contribution in [0.25, 0.3) is 6.08 Å². The minimum Gasteiger partial charge on any atom is -0.348 e. The summed E-state index contributed by atoms with van der Waals surface area (Å²) in [5.41, 5.74) is 7.19. The van der Waals surface area contributed by atoms with E-state index in [-0.39, 0.29) is 18.0 Å². The zero-order chi connectivity index (χ0) is 17.3. The van der Waals surface area contributed by atoms with Crippen molar-refractivity contribution in [1.82, 2.24) is 5.32 Å². The highest BCUT2D eigenvalue weighted by molar-refractivity contribution is 9.10. The Morgan fingerprint density at radius 1 is 1.33 bits per heavy atom. The van der Waals surface area contributed by atoms with Gasteiger partial charge in [-0.05, 0) is 61.4 Å². The number of aryl methyl sites for hydroxylation is 1. The number of amides is 1. The number of halogens is 1. The molecule has 0 aliphatic carbocycles. The van der Waals surface area contributed by atoms with E-state index in [4.69, 9.17) is 0 Å². The predicted molar refractivity (Wildman–Crippen MR) is 98.1 cm³/mol. The van der Waals surface area contributed by atoms with E-state index in [1.807, 2.05) is 44.2 Å². The highest BCUT2D eigenvalue weighted by Crippen LogP contribution is 2.18. The van der Waals surface area contributed by atoms with Crippen molar-refractivity contribution in [3.63, 3.8) is 0 Å². The summed E-state index contributed by atoms with van der Waals surface area (Å²) in [7, 11) is 0. The average molecular weight is 387 g/mol. The summed E-state index contributed by atoms with van der Waals surface area (Å²) in [6.45, 7) is 4.02. The van der Waals surface area contributed by atoms with Crippen molar-refractivity contribution in [2.75, 3.05) is 0 Å². The summed E-state index contributed by atoms with van der Waals surface area (Å²) in [5, 5.41) is 5.01. The fourth-order valence-electron chi connectivity index (χ4n) is 2.81. The molecule has 2 aromatic rings. The first-order valence-electron chi connectivity index (χ1n) is 8.00. The van der Waals surface area contributed by atoms with Gasteiger partial charge in [0.25, 0.3) is 0 Å². The Hall–Kier alpha value is -1.98. The van der Waals surface area contributed by atoms with Gasteiger partial charge in [0.15, 0.2) is 0 Å². The topological polar surface area (TPSA) is 69.1 Å². The molecule has 0 bridgehead atoms. The van der Waals surface area contributed by atoms with Crippen LogP contribution in [0.15, 0.2) is 45.9 Å². The Morgan fingerprint density at radius 3 is 2.88 bits per heavy atom. The van der Waals surface area contributed by atoms with Crippen LogP contribution in [0.1, 0.15) is 30.5 Å². The van der Waals surface area contributed by atoms with Crippen LogP contribution < -0.4 is 21.6 Å². The molecule has 0 aromatic heterocycles. The molecule has 2 aromatic carbocycles. The van der Waals surface area contributed by atoms with Crippen molar-refractivity contribution in [2.24, 2.45) is 4.99 Å². The van der Waals surface area contributed by atoms with Gasteiger partial charge in [-0.15, -0.1) is 0 Å². The highest BCUT2D eigenvalue weighted by atomic mass is 79.9. The second-order valence-electron chi connectivity index (χ2n) is 6.20. The van der Waals surface area contributed by atoms with Crippen LogP contribution in [0, 0.1) is 6.92 Å². The number of benzene rings is 2. The first-order chi connectivity index (χ1) is 11.4. The second-order valence-corrected chi connectivity index (χ2v) is 7.12. The highest BCUT2D eigenvalue weighted by Gasteiger charge is 2.20. The molecule has 1 aliphatic heterocycles. The maximum atomic E-state index is 12.6. The number of rotatable bonds is 3. The fraction of sp³-hybridized carbons (Fsp3) is 0.263. The van der Waals surface area contributed by atoms with Crippen LogP contribution in [-0.4, -0.2) is 11.9 Å². The molecule has 0 saturated heterocycles. The summed E-state index contributed by atoms with van der Waals surface area (Å²) < 4.78 is 1.02. The van der Waals surface area contributed by atoms with E-state index >= 15 is 0 Å². The zero-order valence-corrected chi connectivity index (χ0v) is 15.4. The summed E-state index contributed by atoms with van der Waals surface area (Å²) in [6, 6.07) is 11.6. The molecule has 1 heterocycles. The number of carbonyl (C=O) groups is 1. The van der Waals surface area contributed by atoms with Crippen LogP contribution in [0.5, 0.6) is 0 Å². The molecule has 3 rings (SSSR count). The number of hydrogen-bond donors (Lipinski definition) is 2. The minimum atomic E-state index is -0.366. The van der Waals surface area contributed by atoms with Crippen molar-refractivity contribution >= 4 is 33.6 Å². The molecule has 0 radical (unpaired) electrons. The van der Waals surface area contributed by atoms with Crippen molar-refractivity contribution in [1.29, 1.82) is 0 Å². The first kappa shape index (κ1) is 16.9. The molecule has 1 aliphatic rings. The van der Waals surface area contributed by atoms with E-state index in [0.29, 0.717) is 6.42 Å². The summed E-state index contributed by atoms with van der Waals surface area (Å²) in [5.74, 6) is -0.0383. The molecular weight excluding hydrogens is 366 g/mol. The fourth-order valence-corrected chi connectivity index (χ4v) is 3.19. The number of nitrogens with zero attached hydrogens (tertiary/aromatic N) is 1. The molecular formula is C19H21BrN3O+. The Labute approximate surface area is 149 Å². The van der Waals surface area contributed by atoms with Crippen molar-refractivity contribution in [3.8, 4) is 0 Å². The van der Waals surface area contributed by atoms with Gasteiger partial charge in [0.05, 0.1) is 11.4 Å². The number of nitrogens with one attached hydrogen (secondary N) is 1. The van der Waals surface area contributed by atoms with E-state index in [0.717, 1.165) is 31.9 Å². The maximum Gasteiger partial charge on any atom is 0.245 e. The lowest BCUT2D eigenvalue weighted by molar-refractivity contribution is -0.255. The van der Waals surface area contributed by atoms with Crippen molar-refractivity contribution < 1.29 is 10.5 Å². The molecule has 4 N–H and O–H groups in total. The molecule has 24 heavy (non-hydrogen) atoms. The Balaban J connectivity index is 1.75. The number of fused-ring (bicyclic) bond motifs is 1. The predicted octanol–water partition coefficient (Wildman–Crippen LogP) is 1.68. The van der Waals surface area contributed by atoms with Gasteiger partial charge in [0.2, 0.25) is 5.91 Å². The molecule has 1 unspecified atom stereocenters. The largest absolute Gasteiger partial charge is 0.348 e. The number of hydrogen-bond acceptors (Lipinski definition) is 2. The van der Waals surface area contributed by atoms with Gasteiger partial charge in [-0.3, -0.25) is 9.79 Å². The quantitative estimate of drug-likeness (QED) is 0.827. The molecule has 0 saturated carbocycles. The van der Waals surface area contributed by atoms with Crippen molar-refractivity contribution in [2.45, 2.75) is 32.4 Å². The lowest BCUT2D eigenvalue weighted by Gasteiger charge is -2.19. The van der Waals surface area contributed by atoms with Crippen LogP contribution in [0.4, 0.5) is 5.69 Å². The third-order valence-electron chi connectivity index (χ3n) is 4.37.